The summed E-state index contributed by atoms with van der Waals surface area (Å²) < 4.78 is 0. The average Bonchev–Trinajstić information content (AvgIpc) is 3.42. The third-order valence-electron chi connectivity index (χ3n) is 5.51. The van der Waals surface area contributed by atoms with Crippen LogP contribution in [-0.2, 0) is 4.79 Å². The molecule has 7 heteroatoms. The lowest BCUT2D eigenvalue weighted by atomic mass is 9.96. The van der Waals surface area contributed by atoms with Crippen molar-refractivity contribution in [1.82, 2.24) is 20.4 Å². The minimum Gasteiger partial charge on any atom is -0.354 e. The molecule has 1 saturated heterocycles. The van der Waals surface area contributed by atoms with E-state index in [1.165, 1.54) is 12.8 Å². The number of amides is 2. The first kappa shape index (κ1) is 17.0. The smallest absolute Gasteiger partial charge is 0.253 e. The zero-order valence-electron chi connectivity index (χ0n) is 14.8. The predicted molar refractivity (Wildman–Crippen MR) is 98.4 cm³/mol. The highest BCUT2D eigenvalue weighted by atomic mass is 16.2. The summed E-state index contributed by atoms with van der Waals surface area (Å²) in [6.45, 7) is 1.69. The van der Waals surface area contributed by atoms with E-state index < -0.39 is 0 Å². The molecular weight excluding hydrogens is 330 g/mol. The van der Waals surface area contributed by atoms with Crippen molar-refractivity contribution in [3.05, 3.63) is 30.0 Å². The molecule has 0 bridgehead atoms. The Bertz CT molecular complexity index is 813. The number of fused-ring (bicyclic) bond motifs is 1. The fourth-order valence-corrected chi connectivity index (χ4v) is 3.69. The van der Waals surface area contributed by atoms with E-state index in [2.05, 4.69) is 15.5 Å². The van der Waals surface area contributed by atoms with Crippen LogP contribution in [0.2, 0.25) is 0 Å². The van der Waals surface area contributed by atoms with Gasteiger partial charge in [0, 0.05) is 36.6 Å². The molecule has 26 heavy (non-hydrogen) atoms. The lowest BCUT2D eigenvalue weighted by Gasteiger charge is -2.32. The van der Waals surface area contributed by atoms with Crippen molar-refractivity contribution >= 4 is 22.7 Å². The van der Waals surface area contributed by atoms with Crippen molar-refractivity contribution in [3.8, 4) is 0 Å². The maximum atomic E-state index is 12.8. The van der Waals surface area contributed by atoms with E-state index in [4.69, 9.17) is 5.73 Å². The number of nitrogens with zero attached hydrogens (tertiary/aromatic N) is 2. The molecule has 2 aromatic rings. The molecule has 2 unspecified atom stereocenters. The third kappa shape index (κ3) is 3.58. The molecule has 0 spiro atoms. The van der Waals surface area contributed by atoms with Crippen LogP contribution in [0.15, 0.2) is 24.4 Å². The molecule has 7 nitrogen and oxygen atoms in total. The van der Waals surface area contributed by atoms with E-state index in [0.717, 1.165) is 23.7 Å². The Balaban J connectivity index is 1.37. The second-order valence-corrected chi connectivity index (χ2v) is 7.51. The van der Waals surface area contributed by atoms with Crippen LogP contribution >= 0.6 is 0 Å². The van der Waals surface area contributed by atoms with Gasteiger partial charge < -0.3 is 16.0 Å². The van der Waals surface area contributed by atoms with Crippen molar-refractivity contribution in [2.24, 2.45) is 17.6 Å². The number of nitrogens with one attached hydrogen (secondary N) is 2. The quantitative estimate of drug-likeness (QED) is 0.751. The van der Waals surface area contributed by atoms with Gasteiger partial charge in [0.1, 0.15) is 0 Å². The van der Waals surface area contributed by atoms with Crippen LogP contribution < -0.4 is 11.1 Å². The number of hydrogen-bond acceptors (Lipinski definition) is 4. The topological polar surface area (TPSA) is 104 Å². The van der Waals surface area contributed by atoms with Crippen LogP contribution in [0.3, 0.4) is 0 Å². The van der Waals surface area contributed by atoms with Gasteiger partial charge in [-0.1, -0.05) is 0 Å². The number of rotatable bonds is 5. The van der Waals surface area contributed by atoms with E-state index in [0.29, 0.717) is 31.1 Å². The lowest BCUT2D eigenvalue weighted by Crippen LogP contribution is -2.47. The minimum atomic E-state index is -0.156. The van der Waals surface area contributed by atoms with Gasteiger partial charge in [-0.15, -0.1) is 0 Å². The largest absolute Gasteiger partial charge is 0.354 e. The molecule has 2 fully saturated rings. The molecule has 2 amide bonds. The molecule has 1 aromatic carbocycles. The SMILES string of the molecule is NC(CNC(=O)C1CCCN(C(=O)c2ccc3[nH]ncc3c2)C1)C1CC1. The van der Waals surface area contributed by atoms with Gasteiger partial charge in [-0.3, -0.25) is 14.7 Å². The Morgan fingerprint density at radius 2 is 2.19 bits per heavy atom. The fraction of sp³-hybridized carbons (Fsp3) is 0.526. The average molecular weight is 355 g/mol. The summed E-state index contributed by atoms with van der Waals surface area (Å²) in [5, 5.41) is 10.8. The molecule has 0 radical (unpaired) electrons. The lowest BCUT2D eigenvalue weighted by molar-refractivity contribution is -0.126. The number of benzene rings is 1. The number of aromatic amines is 1. The van der Waals surface area contributed by atoms with E-state index in [1.54, 1.807) is 17.2 Å². The summed E-state index contributed by atoms with van der Waals surface area (Å²) >= 11 is 0. The number of piperidine rings is 1. The van der Waals surface area contributed by atoms with Gasteiger partial charge in [0.2, 0.25) is 5.91 Å². The molecule has 1 aliphatic heterocycles. The van der Waals surface area contributed by atoms with Gasteiger partial charge in [0.15, 0.2) is 0 Å². The van der Waals surface area contributed by atoms with Crippen LogP contribution in [0.4, 0.5) is 0 Å². The summed E-state index contributed by atoms with van der Waals surface area (Å²) in [4.78, 5) is 27.1. The highest BCUT2D eigenvalue weighted by Crippen LogP contribution is 2.31. The molecule has 2 aliphatic rings. The van der Waals surface area contributed by atoms with Crippen LogP contribution in [0, 0.1) is 11.8 Å². The summed E-state index contributed by atoms with van der Waals surface area (Å²) in [5.74, 6) is 0.401. The second kappa shape index (κ2) is 7.07. The van der Waals surface area contributed by atoms with Gasteiger partial charge >= 0.3 is 0 Å². The van der Waals surface area contributed by atoms with E-state index in [1.807, 2.05) is 12.1 Å². The number of H-pyrrole nitrogens is 1. The first-order chi connectivity index (χ1) is 12.6. The van der Waals surface area contributed by atoms with Crippen molar-refractivity contribution in [2.75, 3.05) is 19.6 Å². The molecule has 1 saturated carbocycles. The summed E-state index contributed by atoms with van der Waals surface area (Å²) in [5.41, 5.74) is 7.60. The maximum Gasteiger partial charge on any atom is 0.253 e. The number of carbonyl (C=O) groups excluding carboxylic acids is 2. The highest BCUT2D eigenvalue weighted by molar-refractivity contribution is 5.98. The molecular formula is C19H25N5O2. The Morgan fingerprint density at radius 3 is 3.00 bits per heavy atom. The molecule has 1 aliphatic carbocycles. The Labute approximate surface area is 152 Å². The van der Waals surface area contributed by atoms with E-state index in [9.17, 15) is 9.59 Å². The zero-order chi connectivity index (χ0) is 18.1. The molecule has 4 rings (SSSR count). The molecule has 2 atom stereocenters. The Hall–Kier alpha value is -2.41. The standard InChI is InChI=1S/C19H25N5O2/c20-16(12-3-4-12)10-21-18(25)14-2-1-7-24(11-14)19(26)13-5-6-17-15(8-13)9-22-23-17/h5-6,8-9,12,14,16H,1-4,7,10-11,20H2,(H,21,25)(H,22,23). The molecule has 2 heterocycles. The number of nitrogens with two attached hydrogens (primary N) is 1. The third-order valence-corrected chi connectivity index (χ3v) is 5.51. The predicted octanol–water partition coefficient (Wildman–Crippen LogP) is 1.27. The zero-order valence-corrected chi connectivity index (χ0v) is 14.8. The van der Waals surface area contributed by atoms with Crippen LogP contribution in [0.25, 0.3) is 10.9 Å². The van der Waals surface area contributed by atoms with Gasteiger partial charge in [-0.05, 0) is 49.8 Å². The molecule has 4 N–H and O–H groups in total. The Morgan fingerprint density at radius 1 is 1.35 bits per heavy atom. The van der Waals surface area contributed by atoms with Gasteiger partial charge in [-0.25, -0.2) is 0 Å². The van der Waals surface area contributed by atoms with Crippen LogP contribution in [-0.4, -0.2) is 52.6 Å². The van der Waals surface area contributed by atoms with Crippen molar-refractivity contribution in [1.29, 1.82) is 0 Å². The number of carbonyl (C=O) groups is 2. The van der Waals surface area contributed by atoms with Crippen molar-refractivity contribution < 1.29 is 9.59 Å². The van der Waals surface area contributed by atoms with Crippen molar-refractivity contribution in [3.63, 3.8) is 0 Å². The summed E-state index contributed by atoms with van der Waals surface area (Å²) in [6.07, 6.45) is 5.71. The number of hydrogen-bond donors (Lipinski definition) is 3. The fourth-order valence-electron chi connectivity index (χ4n) is 3.69. The van der Waals surface area contributed by atoms with Crippen molar-refractivity contribution in [2.45, 2.75) is 31.7 Å². The number of aromatic nitrogens is 2. The normalized spacial score (nSPS) is 21.6. The van der Waals surface area contributed by atoms with E-state index in [-0.39, 0.29) is 23.8 Å². The number of likely N-dealkylation sites (tertiary alicyclic amines) is 1. The second-order valence-electron chi connectivity index (χ2n) is 7.51. The first-order valence-electron chi connectivity index (χ1n) is 9.37. The first-order valence-corrected chi connectivity index (χ1v) is 9.37. The van der Waals surface area contributed by atoms with Crippen LogP contribution in [0.5, 0.6) is 0 Å². The molecule has 138 valence electrons. The molecule has 1 aromatic heterocycles. The highest BCUT2D eigenvalue weighted by Gasteiger charge is 2.31. The van der Waals surface area contributed by atoms with Gasteiger partial charge in [0.05, 0.1) is 17.6 Å². The van der Waals surface area contributed by atoms with Gasteiger partial charge in [-0.2, -0.15) is 5.10 Å². The van der Waals surface area contributed by atoms with Gasteiger partial charge in [0.25, 0.3) is 5.91 Å². The summed E-state index contributed by atoms with van der Waals surface area (Å²) in [7, 11) is 0. The van der Waals surface area contributed by atoms with E-state index >= 15 is 0 Å². The minimum absolute atomic E-state index is 0.0175. The Kier molecular flexibility index (Phi) is 4.63. The monoisotopic (exact) mass is 355 g/mol. The summed E-state index contributed by atoms with van der Waals surface area (Å²) in [6, 6.07) is 5.57. The van der Waals surface area contributed by atoms with Crippen LogP contribution in [0.1, 0.15) is 36.0 Å². The maximum absolute atomic E-state index is 12.8.